The van der Waals surface area contributed by atoms with E-state index in [9.17, 15) is 23.3 Å². The van der Waals surface area contributed by atoms with Gasteiger partial charge in [-0.25, -0.2) is 0 Å². The molecule has 3 rings (SSSR count). The number of nitrogens with zero attached hydrogens (tertiary/aromatic N) is 5. The molecule has 2 saturated heterocycles. The Morgan fingerprint density at radius 1 is 1.00 bits per heavy atom. The van der Waals surface area contributed by atoms with Crippen molar-refractivity contribution >= 4 is 21.8 Å². The summed E-state index contributed by atoms with van der Waals surface area (Å²) in [4.78, 5) is 27.2. The van der Waals surface area contributed by atoms with Gasteiger partial charge in [0.05, 0.1) is 4.92 Å². The third-order valence-corrected chi connectivity index (χ3v) is 7.33. The maximum Gasteiger partial charge on any atom is 0.285 e. The summed E-state index contributed by atoms with van der Waals surface area (Å²) in [5, 5.41) is 11.3. The van der Waals surface area contributed by atoms with Gasteiger partial charge in [-0.15, -0.1) is 0 Å². The second-order valence-corrected chi connectivity index (χ2v) is 9.06. The highest BCUT2D eigenvalue weighted by molar-refractivity contribution is 7.86. The van der Waals surface area contributed by atoms with Crippen LogP contribution in [0.3, 0.4) is 0 Å². The normalized spacial score (nSPS) is 20.3. The molecular formula is C17H25N5O5S. The van der Waals surface area contributed by atoms with Gasteiger partial charge in [-0.1, -0.05) is 12.1 Å². The topological polar surface area (TPSA) is 107 Å². The van der Waals surface area contributed by atoms with E-state index in [1.54, 1.807) is 19.1 Å². The molecule has 2 aliphatic heterocycles. The Hall–Kier alpha value is -2.08. The van der Waals surface area contributed by atoms with Crippen molar-refractivity contribution in [3.63, 3.8) is 0 Å². The van der Waals surface area contributed by atoms with Gasteiger partial charge in [0.1, 0.15) is 5.56 Å². The molecule has 0 N–H and O–H groups in total. The number of nitro benzene ring substituents is 1. The molecule has 0 aromatic heterocycles. The summed E-state index contributed by atoms with van der Waals surface area (Å²) >= 11 is 0. The molecule has 154 valence electrons. The lowest BCUT2D eigenvalue weighted by molar-refractivity contribution is -0.385. The number of rotatable bonds is 4. The van der Waals surface area contributed by atoms with Crippen LogP contribution in [0.1, 0.15) is 15.9 Å². The van der Waals surface area contributed by atoms with Crippen molar-refractivity contribution in [2.75, 3.05) is 59.4 Å². The van der Waals surface area contributed by atoms with Crippen LogP contribution in [0.15, 0.2) is 18.2 Å². The zero-order valence-corrected chi connectivity index (χ0v) is 16.9. The van der Waals surface area contributed by atoms with Crippen LogP contribution in [0.2, 0.25) is 0 Å². The number of hydrogen-bond acceptors (Lipinski definition) is 6. The van der Waals surface area contributed by atoms with Gasteiger partial charge >= 0.3 is 0 Å². The number of likely N-dealkylation sites (N-methyl/N-ethyl adjacent to an activating group) is 1. The molecule has 1 aromatic carbocycles. The number of aryl methyl sites for hydroxylation is 1. The number of nitro groups is 1. The Labute approximate surface area is 164 Å². The van der Waals surface area contributed by atoms with Gasteiger partial charge in [-0.2, -0.15) is 17.0 Å². The van der Waals surface area contributed by atoms with E-state index in [4.69, 9.17) is 0 Å². The summed E-state index contributed by atoms with van der Waals surface area (Å²) < 4.78 is 28.5. The van der Waals surface area contributed by atoms with Crippen LogP contribution in [-0.2, 0) is 10.2 Å². The first-order chi connectivity index (χ1) is 13.2. The number of benzene rings is 1. The zero-order chi connectivity index (χ0) is 20.5. The predicted molar refractivity (Wildman–Crippen MR) is 103 cm³/mol. The largest absolute Gasteiger partial charge is 0.336 e. The van der Waals surface area contributed by atoms with Crippen molar-refractivity contribution < 1.29 is 18.1 Å². The zero-order valence-electron chi connectivity index (χ0n) is 16.1. The van der Waals surface area contributed by atoms with Crippen molar-refractivity contribution in [2.24, 2.45) is 0 Å². The molecule has 1 aromatic rings. The van der Waals surface area contributed by atoms with Crippen LogP contribution in [0.5, 0.6) is 0 Å². The maximum atomic E-state index is 12.8. The number of para-hydroxylation sites is 1. The summed E-state index contributed by atoms with van der Waals surface area (Å²) in [6.07, 6.45) is 0. The SMILES string of the molecule is Cc1cccc(C(=O)N2CCN(S(=O)(=O)N3CCN(C)CC3)CC2)c1[N+](=O)[O-]. The lowest BCUT2D eigenvalue weighted by atomic mass is 10.1. The van der Waals surface area contributed by atoms with Crippen molar-refractivity contribution in [3.05, 3.63) is 39.4 Å². The standard InChI is InChI=1S/C17H25N5O5S/c1-14-4-3-5-15(16(14)22(24)25)17(23)19-8-12-21(13-9-19)28(26,27)20-10-6-18(2)7-11-20/h3-5H,6-13H2,1-2H3. The first kappa shape index (κ1) is 20.6. The smallest absolute Gasteiger partial charge is 0.285 e. The van der Waals surface area contributed by atoms with Crippen LogP contribution in [0, 0.1) is 17.0 Å². The van der Waals surface area contributed by atoms with Crippen LogP contribution in [0.4, 0.5) is 5.69 Å². The Bertz CT molecular complexity index is 859. The molecule has 11 heteroatoms. The number of amides is 1. The van der Waals surface area contributed by atoms with Crippen LogP contribution in [-0.4, -0.2) is 97.1 Å². The van der Waals surface area contributed by atoms with E-state index in [-0.39, 0.29) is 37.4 Å². The predicted octanol–water partition coefficient (Wildman–Crippen LogP) is 0.153. The van der Waals surface area contributed by atoms with Gasteiger partial charge in [0.15, 0.2) is 0 Å². The first-order valence-corrected chi connectivity index (χ1v) is 10.6. The fourth-order valence-corrected chi connectivity index (χ4v) is 5.12. The minimum atomic E-state index is -3.56. The highest BCUT2D eigenvalue weighted by atomic mass is 32.2. The summed E-state index contributed by atoms with van der Waals surface area (Å²) in [5.41, 5.74) is 0.271. The summed E-state index contributed by atoms with van der Waals surface area (Å²) in [6, 6.07) is 4.65. The first-order valence-electron chi connectivity index (χ1n) is 9.19. The van der Waals surface area contributed by atoms with Crippen molar-refractivity contribution in [2.45, 2.75) is 6.92 Å². The molecule has 28 heavy (non-hydrogen) atoms. The monoisotopic (exact) mass is 411 g/mol. The summed E-state index contributed by atoms with van der Waals surface area (Å²) in [7, 11) is -1.60. The number of piperazine rings is 2. The summed E-state index contributed by atoms with van der Waals surface area (Å²) in [5.74, 6) is -0.438. The molecule has 0 unspecified atom stereocenters. The van der Waals surface area contributed by atoms with Gasteiger partial charge in [0.2, 0.25) is 0 Å². The van der Waals surface area contributed by atoms with E-state index < -0.39 is 21.0 Å². The molecule has 1 amide bonds. The minimum absolute atomic E-state index is 0.0420. The molecule has 2 aliphatic rings. The Morgan fingerprint density at radius 2 is 1.54 bits per heavy atom. The molecular weight excluding hydrogens is 386 g/mol. The fraction of sp³-hybridized carbons (Fsp3) is 0.588. The van der Waals surface area contributed by atoms with E-state index in [2.05, 4.69) is 4.90 Å². The molecule has 0 bridgehead atoms. The second-order valence-electron chi connectivity index (χ2n) is 7.13. The van der Waals surface area contributed by atoms with Gasteiger partial charge < -0.3 is 9.80 Å². The molecule has 0 saturated carbocycles. The Balaban J connectivity index is 1.68. The van der Waals surface area contributed by atoms with Crippen molar-refractivity contribution in [1.82, 2.24) is 18.4 Å². The lowest BCUT2D eigenvalue weighted by Gasteiger charge is -2.39. The second kappa shape index (κ2) is 8.11. The molecule has 0 radical (unpaired) electrons. The van der Waals surface area contributed by atoms with Gasteiger partial charge in [0.25, 0.3) is 21.8 Å². The van der Waals surface area contributed by atoms with E-state index in [1.165, 1.54) is 19.6 Å². The van der Waals surface area contributed by atoms with E-state index in [0.29, 0.717) is 31.7 Å². The van der Waals surface area contributed by atoms with E-state index >= 15 is 0 Å². The quantitative estimate of drug-likeness (QED) is 0.516. The van der Waals surface area contributed by atoms with Gasteiger partial charge in [-0.05, 0) is 20.0 Å². The number of carbonyl (C=O) groups is 1. The Morgan fingerprint density at radius 3 is 2.07 bits per heavy atom. The minimum Gasteiger partial charge on any atom is -0.336 e. The van der Waals surface area contributed by atoms with E-state index in [0.717, 1.165) is 0 Å². The summed E-state index contributed by atoms with van der Waals surface area (Å²) in [6.45, 7) is 4.65. The molecule has 0 spiro atoms. The molecule has 10 nitrogen and oxygen atoms in total. The number of hydrogen-bond donors (Lipinski definition) is 0. The average Bonchev–Trinajstić information content (AvgIpc) is 2.67. The van der Waals surface area contributed by atoms with E-state index in [1.807, 2.05) is 7.05 Å². The van der Waals surface area contributed by atoms with Crippen LogP contribution in [0.25, 0.3) is 0 Å². The highest BCUT2D eigenvalue weighted by Gasteiger charge is 2.36. The Kier molecular flexibility index (Phi) is 5.98. The third kappa shape index (κ3) is 4.02. The molecule has 0 atom stereocenters. The molecule has 2 fully saturated rings. The van der Waals surface area contributed by atoms with Crippen molar-refractivity contribution in [1.29, 1.82) is 0 Å². The van der Waals surface area contributed by atoms with Crippen molar-refractivity contribution in [3.8, 4) is 0 Å². The highest BCUT2D eigenvalue weighted by Crippen LogP contribution is 2.25. The third-order valence-electron chi connectivity index (χ3n) is 5.29. The fourth-order valence-electron chi connectivity index (χ4n) is 3.55. The lowest BCUT2D eigenvalue weighted by Crippen LogP contribution is -2.57. The molecule has 2 heterocycles. The molecule has 0 aliphatic carbocycles. The van der Waals surface area contributed by atoms with Crippen LogP contribution >= 0.6 is 0 Å². The van der Waals surface area contributed by atoms with Crippen LogP contribution < -0.4 is 0 Å². The number of carbonyl (C=O) groups excluding carboxylic acids is 1. The van der Waals surface area contributed by atoms with Gasteiger partial charge in [0, 0.05) is 57.9 Å². The average molecular weight is 411 g/mol. The maximum absolute atomic E-state index is 12.8. The van der Waals surface area contributed by atoms with Gasteiger partial charge in [-0.3, -0.25) is 14.9 Å².